The van der Waals surface area contributed by atoms with Crippen LogP contribution >= 0.6 is 0 Å². The van der Waals surface area contributed by atoms with Gasteiger partial charge in [0.15, 0.2) is 5.82 Å². The average molecular weight is 359 g/mol. The maximum absolute atomic E-state index is 11.9. The molecule has 6 heteroatoms. The third-order valence-corrected chi connectivity index (χ3v) is 4.98. The highest BCUT2D eigenvalue weighted by molar-refractivity contribution is 5.73. The summed E-state index contributed by atoms with van der Waals surface area (Å²) in [5, 5.41) is 0. The van der Waals surface area contributed by atoms with Crippen LogP contribution < -0.4 is 0 Å². The number of amides is 1. The van der Waals surface area contributed by atoms with Crippen molar-refractivity contribution >= 4 is 5.91 Å². The van der Waals surface area contributed by atoms with Gasteiger partial charge in [0, 0.05) is 68.0 Å². The van der Waals surface area contributed by atoms with Gasteiger partial charge in [0.1, 0.15) is 0 Å². The fourth-order valence-corrected chi connectivity index (χ4v) is 3.58. The van der Waals surface area contributed by atoms with Crippen molar-refractivity contribution in [1.82, 2.24) is 24.8 Å². The number of carbonyl (C=O) groups is 1. The number of carbonyl (C=O) groups excluding carboxylic acids is 1. The summed E-state index contributed by atoms with van der Waals surface area (Å²) in [6, 6.07) is 7.78. The smallest absolute Gasteiger partial charge is 0.219 e. The second-order valence-electron chi connectivity index (χ2n) is 6.77. The number of hydrogen-bond acceptors (Lipinski definition) is 5. The van der Waals surface area contributed by atoms with Crippen LogP contribution in [0.1, 0.15) is 31.4 Å². The minimum Gasteiger partial charge on any atom is -0.342 e. The molecule has 1 unspecified atom stereocenters. The Morgan fingerprint density at radius 3 is 2.67 bits per heavy atom. The number of likely N-dealkylation sites (tertiary alicyclic amines) is 1. The van der Waals surface area contributed by atoms with Gasteiger partial charge < -0.3 is 4.90 Å². The maximum atomic E-state index is 11.9. The lowest BCUT2D eigenvalue weighted by molar-refractivity contribution is -0.130. The number of pyridine rings is 2. The van der Waals surface area contributed by atoms with Crippen molar-refractivity contribution in [2.45, 2.75) is 25.7 Å². The van der Waals surface area contributed by atoms with E-state index in [1.54, 1.807) is 31.7 Å². The molecule has 0 aliphatic carbocycles. The summed E-state index contributed by atoms with van der Waals surface area (Å²) in [6.45, 7) is 3.14. The van der Waals surface area contributed by atoms with Crippen LogP contribution in [0.2, 0.25) is 0 Å². The molecule has 1 saturated heterocycles. The van der Waals surface area contributed by atoms with Gasteiger partial charge >= 0.3 is 0 Å². The molecular weight excluding hydrogens is 338 g/mol. The molecule has 0 bridgehead atoms. The van der Waals surface area contributed by atoms with Crippen molar-refractivity contribution in [1.29, 1.82) is 0 Å². The second kappa shape index (κ2) is 7.61. The zero-order valence-corrected chi connectivity index (χ0v) is 15.2. The number of hydrogen-bond donors (Lipinski definition) is 0. The third kappa shape index (κ3) is 3.69. The average Bonchev–Trinajstić information content (AvgIpc) is 2.74. The minimum atomic E-state index is 0.117. The van der Waals surface area contributed by atoms with Crippen LogP contribution in [-0.4, -0.2) is 43.8 Å². The van der Waals surface area contributed by atoms with Crippen LogP contribution in [0.15, 0.2) is 55.2 Å². The summed E-state index contributed by atoms with van der Waals surface area (Å²) in [7, 11) is 0. The standard InChI is InChI=1S/C21H21N5O/c1-15(27)26-11-3-5-18(14-26)20-19(16-6-9-22-10-7-16)13-24-21(25-20)17-4-2-8-23-12-17/h2,4,6-10,12-13,18H,3,5,11,14H2,1H3. The van der Waals surface area contributed by atoms with E-state index in [2.05, 4.69) is 15.0 Å². The van der Waals surface area contributed by atoms with E-state index in [1.807, 2.05) is 35.4 Å². The molecule has 4 heterocycles. The fraction of sp³-hybridized carbons (Fsp3) is 0.286. The van der Waals surface area contributed by atoms with E-state index in [0.29, 0.717) is 12.4 Å². The highest BCUT2D eigenvalue weighted by atomic mass is 16.2. The van der Waals surface area contributed by atoms with E-state index in [1.165, 1.54) is 0 Å². The Kier molecular flexibility index (Phi) is 4.87. The molecule has 1 aliphatic rings. The van der Waals surface area contributed by atoms with E-state index < -0.39 is 0 Å². The topological polar surface area (TPSA) is 71.9 Å². The molecule has 0 spiro atoms. The van der Waals surface area contributed by atoms with Gasteiger partial charge in [0.25, 0.3) is 0 Å². The lowest BCUT2D eigenvalue weighted by Crippen LogP contribution is -2.38. The summed E-state index contributed by atoms with van der Waals surface area (Å²) < 4.78 is 0. The largest absolute Gasteiger partial charge is 0.342 e. The van der Waals surface area contributed by atoms with Gasteiger partial charge in [-0.15, -0.1) is 0 Å². The predicted molar refractivity (Wildman–Crippen MR) is 103 cm³/mol. The Bertz CT molecular complexity index is 930. The molecule has 6 nitrogen and oxygen atoms in total. The fourth-order valence-electron chi connectivity index (χ4n) is 3.58. The van der Waals surface area contributed by atoms with Gasteiger partial charge in [-0.3, -0.25) is 14.8 Å². The Morgan fingerprint density at radius 2 is 1.93 bits per heavy atom. The summed E-state index contributed by atoms with van der Waals surface area (Å²) in [5.74, 6) is 0.965. The molecule has 136 valence electrons. The van der Waals surface area contributed by atoms with E-state index >= 15 is 0 Å². The second-order valence-corrected chi connectivity index (χ2v) is 6.77. The van der Waals surface area contributed by atoms with Crippen molar-refractivity contribution in [2.24, 2.45) is 0 Å². The highest BCUT2D eigenvalue weighted by Gasteiger charge is 2.27. The van der Waals surface area contributed by atoms with Crippen LogP contribution in [0.3, 0.4) is 0 Å². The number of nitrogens with zero attached hydrogens (tertiary/aromatic N) is 5. The van der Waals surface area contributed by atoms with Crippen molar-refractivity contribution in [2.75, 3.05) is 13.1 Å². The first-order valence-electron chi connectivity index (χ1n) is 9.15. The SMILES string of the molecule is CC(=O)N1CCCC(c2nc(-c3cccnc3)ncc2-c2ccncc2)C1. The lowest BCUT2D eigenvalue weighted by atomic mass is 9.90. The normalized spacial score (nSPS) is 16.9. The van der Waals surface area contributed by atoms with Crippen LogP contribution in [-0.2, 0) is 4.79 Å². The molecule has 0 N–H and O–H groups in total. The van der Waals surface area contributed by atoms with Gasteiger partial charge in [0.2, 0.25) is 5.91 Å². The van der Waals surface area contributed by atoms with Gasteiger partial charge in [-0.2, -0.15) is 0 Å². The van der Waals surface area contributed by atoms with Gasteiger partial charge in [-0.1, -0.05) is 0 Å². The molecule has 3 aromatic heterocycles. The van der Waals surface area contributed by atoms with E-state index in [9.17, 15) is 4.79 Å². The first kappa shape index (κ1) is 17.3. The van der Waals surface area contributed by atoms with Gasteiger partial charge in [-0.05, 0) is 42.7 Å². The molecule has 0 radical (unpaired) electrons. The summed E-state index contributed by atoms with van der Waals surface area (Å²) in [6.07, 6.45) is 10.9. The molecule has 1 aliphatic heterocycles. The molecule has 0 saturated carbocycles. The van der Waals surface area contributed by atoms with Crippen molar-refractivity contribution in [3.8, 4) is 22.5 Å². The maximum Gasteiger partial charge on any atom is 0.219 e. The monoisotopic (exact) mass is 359 g/mol. The lowest BCUT2D eigenvalue weighted by Gasteiger charge is -2.32. The first-order valence-corrected chi connectivity index (χ1v) is 9.15. The predicted octanol–water partition coefficient (Wildman–Crippen LogP) is 3.33. The molecule has 3 aromatic rings. The van der Waals surface area contributed by atoms with Crippen molar-refractivity contribution in [3.63, 3.8) is 0 Å². The van der Waals surface area contributed by atoms with Crippen molar-refractivity contribution in [3.05, 3.63) is 60.9 Å². The molecule has 1 atom stereocenters. The van der Waals surface area contributed by atoms with Crippen molar-refractivity contribution < 1.29 is 4.79 Å². The van der Waals surface area contributed by atoms with Crippen LogP contribution in [0.4, 0.5) is 0 Å². The number of rotatable bonds is 3. The van der Waals surface area contributed by atoms with E-state index in [0.717, 1.165) is 41.8 Å². The molecule has 27 heavy (non-hydrogen) atoms. The molecular formula is C21H21N5O. The summed E-state index contributed by atoms with van der Waals surface area (Å²) in [5.41, 5.74) is 3.92. The quantitative estimate of drug-likeness (QED) is 0.717. The zero-order chi connectivity index (χ0) is 18.6. The molecule has 0 aromatic carbocycles. The third-order valence-electron chi connectivity index (χ3n) is 4.98. The summed E-state index contributed by atoms with van der Waals surface area (Å²) >= 11 is 0. The Balaban J connectivity index is 1.79. The minimum absolute atomic E-state index is 0.117. The molecule has 1 fully saturated rings. The molecule has 4 rings (SSSR count). The van der Waals surface area contributed by atoms with E-state index in [4.69, 9.17) is 4.98 Å². The Labute approximate surface area is 158 Å². The molecule has 1 amide bonds. The first-order chi connectivity index (χ1) is 13.2. The Morgan fingerprint density at radius 1 is 1.07 bits per heavy atom. The van der Waals surface area contributed by atoms with E-state index in [-0.39, 0.29) is 11.8 Å². The number of aromatic nitrogens is 4. The van der Waals surface area contributed by atoms with Gasteiger partial charge in [0.05, 0.1) is 5.69 Å². The Hall–Kier alpha value is -3.15. The van der Waals surface area contributed by atoms with Crippen LogP contribution in [0, 0.1) is 0 Å². The van der Waals surface area contributed by atoms with Crippen LogP contribution in [0.25, 0.3) is 22.5 Å². The highest BCUT2D eigenvalue weighted by Crippen LogP contribution is 2.34. The van der Waals surface area contributed by atoms with Crippen LogP contribution in [0.5, 0.6) is 0 Å². The van der Waals surface area contributed by atoms with Gasteiger partial charge in [-0.25, -0.2) is 9.97 Å². The number of piperidine rings is 1. The zero-order valence-electron chi connectivity index (χ0n) is 15.2. The summed E-state index contributed by atoms with van der Waals surface area (Å²) in [4.78, 5) is 31.6.